The number of rotatable bonds is 24. The van der Waals surface area contributed by atoms with E-state index in [1.807, 2.05) is 47.4 Å². The van der Waals surface area contributed by atoms with Gasteiger partial charge in [-0.2, -0.15) is 0 Å². The molecule has 0 aliphatic carbocycles. The molecule has 12 nitrogen and oxygen atoms in total. The third kappa shape index (κ3) is 18.6. The number of anilines is 1. The number of carboxylic acids is 3. The molecule has 1 amide bonds. The van der Waals surface area contributed by atoms with Crippen LogP contribution in [0.5, 0.6) is 0 Å². The molecule has 0 fully saturated rings. The van der Waals surface area contributed by atoms with E-state index in [0.29, 0.717) is 56.8 Å². The summed E-state index contributed by atoms with van der Waals surface area (Å²) in [5.74, 6) is -2.95. The van der Waals surface area contributed by atoms with Crippen LogP contribution in [-0.4, -0.2) is 104 Å². The summed E-state index contributed by atoms with van der Waals surface area (Å²) < 4.78 is 0. The molecule has 1 aliphatic rings. The van der Waals surface area contributed by atoms with Gasteiger partial charge in [0.2, 0.25) is 5.91 Å². The third-order valence-corrected chi connectivity index (χ3v) is 9.95. The van der Waals surface area contributed by atoms with Gasteiger partial charge >= 0.3 is 17.9 Å². The number of amides is 1. The van der Waals surface area contributed by atoms with Crippen LogP contribution in [-0.2, 0) is 38.7 Å². The Hall–Kier alpha value is -3.87. The molecule has 1 atom stereocenters. The number of nitrogens with zero attached hydrogens (tertiary/aromatic N) is 4. The van der Waals surface area contributed by atoms with Crippen LogP contribution in [0.15, 0.2) is 42.5 Å². The molecular weight excluding hydrogens is 674 g/mol. The largest absolute Gasteiger partial charge is 0.480 e. The van der Waals surface area contributed by atoms with Gasteiger partial charge in [-0.1, -0.05) is 102 Å². The number of benzene rings is 1. The van der Waals surface area contributed by atoms with Crippen molar-refractivity contribution in [2.24, 2.45) is 0 Å². The Morgan fingerprint density at radius 3 is 1.79 bits per heavy atom. The molecule has 53 heavy (non-hydrogen) atoms. The fraction of sp³-hybridized carbons (Fsp3) is 0.634. The maximum Gasteiger partial charge on any atom is 0.320 e. The molecule has 2 bridgehead atoms. The fourth-order valence-electron chi connectivity index (χ4n) is 6.95. The molecule has 0 saturated heterocycles. The second kappa shape index (κ2) is 25.2. The number of carboxylic acid groups (broad SMARTS) is 3. The quantitative estimate of drug-likeness (QED) is 0.0851. The summed E-state index contributed by atoms with van der Waals surface area (Å²) in [5.41, 5.74) is 3.00. The van der Waals surface area contributed by atoms with Crippen LogP contribution in [0.2, 0.25) is 0 Å². The Labute approximate surface area is 316 Å². The van der Waals surface area contributed by atoms with E-state index < -0.39 is 23.9 Å². The zero-order chi connectivity index (χ0) is 38.3. The number of hydrogen-bond acceptors (Lipinski definition) is 8. The Kier molecular flexibility index (Phi) is 20.7. The number of unbranched alkanes of at least 4 members (excludes halogenated alkanes) is 12. The number of fused-ring (bicyclic) bond motifs is 2. The molecular formula is C41H63N5O7. The predicted molar refractivity (Wildman–Crippen MR) is 207 cm³/mol. The van der Waals surface area contributed by atoms with Crippen molar-refractivity contribution < 1.29 is 34.5 Å². The van der Waals surface area contributed by atoms with Gasteiger partial charge in [0, 0.05) is 51.4 Å². The summed E-state index contributed by atoms with van der Waals surface area (Å²) in [6.45, 7) is 3.56. The van der Waals surface area contributed by atoms with Crippen molar-refractivity contribution in [3.8, 4) is 0 Å². The number of carbonyl (C=O) groups excluding carboxylic acids is 1. The molecule has 2 aromatic rings. The lowest BCUT2D eigenvalue weighted by Gasteiger charge is -2.33. The maximum absolute atomic E-state index is 12.7. The normalized spacial score (nSPS) is 15.3. The van der Waals surface area contributed by atoms with Crippen molar-refractivity contribution in [3.63, 3.8) is 0 Å². The van der Waals surface area contributed by atoms with Gasteiger partial charge in [0.15, 0.2) is 0 Å². The first-order chi connectivity index (χ1) is 25.6. The van der Waals surface area contributed by atoms with E-state index in [0.717, 1.165) is 24.1 Å². The summed E-state index contributed by atoms with van der Waals surface area (Å²) in [5, 5.41) is 32.3. The number of aliphatic carboxylic acids is 3. The Morgan fingerprint density at radius 1 is 0.679 bits per heavy atom. The zero-order valence-corrected chi connectivity index (χ0v) is 31.9. The first-order valence-corrected chi connectivity index (χ1v) is 19.8. The van der Waals surface area contributed by atoms with Crippen molar-refractivity contribution in [2.75, 3.05) is 44.6 Å². The fourth-order valence-corrected chi connectivity index (χ4v) is 6.95. The van der Waals surface area contributed by atoms with Gasteiger partial charge in [-0.3, -0.25) is 38.9 Å². The minimum atomic E-state index is -1.01. The number of nitrogens with one attached hydrogen (secondary N) is 1. The SMILES string of the molecule is CCCCCCCCCCCCCCCC(=O)Nc1ccc(CCC(C(=O)O)N2CCN(CC(=O)O)CCN(CC(=O)O)Cc3cccc(n3)C2)cc1. The topological polar surface area (TPSA) is 164 Å². The highest BCUT2D eigenvalue weighted by molar-refractivity contribution is 5.90. The molecule has 1 unspecified atom stereocenters. The molecule has 0 spiro atoms. The summed E-state index contributed by atoms with van der Waals surface area (Å²) >= 11 is 0. The first-order valence-electron chi connectivity index (χ1n) is 19.8. The molecule has 1 aliphatic heterocycles. The molecule has 12 heteroatoms. The zero-order valence-electron chi connectivity index (χ0n) is 31.9. The number of hydrogen-bond donors (Lipinski definition) is 4. The van der Waals surface area contributed by atoms with Gasteiger partial charge in [-0.05, 0) is 49.1 Å². The van der Waals surface area contributed by atoms with Crippen LogP contribution in [0.25, 0.3) is 0 Å². The lowest BCUT2D eigenvalue weighted by atomic mass is 10.0. The van der Waals surface area contributed by atoms with Crippen molar-refractivity contribution in [2.45, 2.75) is 129 Å². The summed E-state index contributed by atoms with van der Waals surface area (Å²) in [6.07, 6.45) is 17.8. The number of pyridine rings is 1. The number of aryl methyl sites for hydroxylation is 1. The van der Waals surface area contributed by atoms with Crippen LogP contribution in [0.1, 0.15) is 120 Å². The Bertz CT molecular complexity index is 1390. The highest BCUT2D eigenvalue weighted by Crippen LogP contribution is 2.18. The minimum absolute atomic E-state index is 0.00582. The lowest BCUT2D eigenvalue weighted by Crippen LogP contribution is -2.47. The van der Waals surface area contributed by atoms with Crippen LogP contribution < -0.4 is 5.32 Å². The van der Waals surface area contributed by atoms with Gasteiger partial charge in [0.25, 0.3) is 0 Å². The van der Waals surface area contributed by atoms with E-state index >= 15 is 0 Å². The predicted octanol–water partition coefficient (Wildman–Crippen LogP) is 6.68. The van der Waals surface area contributed by atoms with Crippen molar-refractivity contribution in [1.82, 2.24) is 19.7 Å². The van der Waals surface area contributed by atoms with Crippen LogP contribution in [0, 0.1) is 0 Å². The molecule has 4 N–H and O–H groups in total. The Morgan fingerprint density at radius 2 is 1.21 bits per heavy atom. The van der Waals surface area contributed by atoms with E-state index in [1.165, 1.54) is 70.6 Å². The second-order valence-electron chi connectivity index (χ2n) is 14.5. The lowest BCUT2D eigenvalue weighted by molar-refractivity contribution is -0.144. The van der Waals surface area contributed by atoms with E-state index in [2.05, 4.69) is 12.2 Å². The Balaban J connectivity index is 1.48. The average molecular weight is 738 g/mol. The van der Waals surface area contributed by atoms with Gasteiger partial charge in [-0.15, -0.1) is 0 Å². The third-order valence-electron chi connectivity index (χ3n) is 9.95. The molecule has 0 radical (unpaired) electrons. The maximum atomic E-state index is 12.7. The summed E-state index contributed by atoms with van der Waals surface area (Å²) in [4.78, 5) is 58.4. The van der Waals surface area contributed by atoms with Crippen molar-refractivity contribution >= 4 is 29.5 Å². The molecule has 1 aromatic carbocycles. The number of carbonyl (C=O) groups is 4. The molecule has 2 heterocycles. The standard InChI is InChI=1S/C41H63N5O7/c1-2-3-4-5-6-7-8-9-10-11-12-13-14-18-38(47)43-34-22-19-33(20-23-34)21-24-37(41(52)53)46-28-27-44(31-39(48)49)25-26-45(32-40(50)51)29-35-16-15-17-36(30-46)42-35/h15-17,19-20,22-23,37H,2-14,18,21,24-32H2,1H3,(H,43,47)(H,48,49)(H,50,51)(H,52,53). The van der Waals surface area contributed by atoms with Crippen LogP contribution >= 0.6 is 0 Å². The van der Waals surface area contributed by atoms with Gasteiger partial charge in [-0.25, -0.2) is 0 Å². The highest BCUT2D eigenvalue weighted by atomic mass is 16.4. The van der Waals surface area contributed by atoms with E-state index in [9.17, 15) is 34.5 Å². The second-order valence-corrected chi connectivity index (χ2v) is 14.5. The first kappa shape index (κ1) is 43.5. The van der Waals surface area contributed by atoms with Crippen molar-refractivity contribution in [3.05, 3.63) is 59.4 Å². The van der Waals surface area contributed by atoms with Crippen LogP contribution in [0.4, 0.5) is 5.69 Å². The van der Waals surface area contributed by atoms with E-state index in [1.54, 1.807) is 9.80 Å². The van der Waals surface area contributed by atoms with E-state index in [-0.39, 0.29) is 32.1 Å². The van der Waals surface area contributed by atoms with Crippen LogP contribution in [0.3, 0.4) is 0 Å². The molecule has 0 saturated carbocycles. The average Bonchev–Trinajstić information content (AvgIpc) is 3.11. The highest BCUT2D eigenvalue weighted by Gasteiger charge is 2.27. The molecule has 1 aromatic heterocycles. The van der Waals surface area contributed by atoms with Gasteiger partial charge in [0.1, 0.15) is 6.04 Å². The molecule has 3 rings (SSSR count). The number of aromatic nitrogens is 1. The van der Waals surface area contributed by atoms with Gasteiger partial charge in [0.05, 0.1) is 24.5 Å². The van der Waals surface area contributed by atoms with E-state index in [4.69, 9.17) is 4.98 Å². The van der Waals surface area contributed by atoms with Crippen molar-refractivity contribution in [1.29, 1.82) is 0 Å². The molecule has 294 valence electrons. The minimum Gasteiger partial charge on any atom is -0.480 e. The smallest absolute Gasteiger partial charge is 0.320 e. The monoisotopic (exact) mass is 737 g/mol. The van der Waals surface area contributed by atoms with Gasteiger partial charge < -0.3 is 20.6 Å². The summed E-state index contributed by atoms with van der Waals surface area (Å²) in [6, 6.07) is 12.2. The summed E-state index contributed by atoms with van der Waals surface area (Å²) in [7, 11) is 0.